The zero-order valence-corrected chi connectivity index (χ0v) is 18.7. The number of imidazole rings is 1. The Morgan fingerprint density at radius 1 is 1.03 bits per heavy atom. The Balaban J connectivity index is 1.69. The first-order chi connectivity index (χ1) is 17.0. The van der Waals surface area contributed by atoms with Crippen LogP contribution in [0.15, 0.2) is 73.1 Å². The van der Waals surface area contributed by atoms with Gasteiger partial charge in [0.25, 0.3) is 0 Å². The molecule has 0 saturated heterocycles. The van der Waals surface area contributed by atoms with E-state index in [-0.39, 0.29) is 12.6 Å². The Labute approximate surface area is 200 Å². The Kier molecular flexibility index (Phi) is 5.61. The van der Waals surface area contributed by atoms with Gasteiger partial charge in [-0.3, -0.25) is 14.3 Å². The normalized spacial score (nSPS) is 10.7. The van der Waals surface area contributed by atoms with Gasteiger partial charge in [-0.2, -0.15) is 5.26 Å². The van der Waals surface area contributed by atoms with Crippen molar-refractivity contribution in [3.63, 3.8) is 0 Å². The fraction of sp³-hybridized carbons (Fsp3) is 0.0769. The summed E-state index contributed by atoms with van der Waals surface area (Å²) in [5.41, 5.74) is 11.4. The summed E-state index contributed by atoms with van der Waals surface area (Å²) >= 11 is 0. The molecule has 2 N–H and O–H groups in total. The molecule has 0 spiro atoms. The van der Waals surface area contributed by atoms with Gasteiger partial charge in [0.05, 0.1) is 28.6 Å². The number of esters is 1. The van der Waals surface area contributed by atoms with Crippen molar-refractivity contribution in [2.24, 2.45) is 0 Å². The Morgan fingerprint density at radius 2 is 1.86 bits per heavy atom. The van der Waals surface area contributed by atoms with Gasteiger partial charge in [-0.25, -0.2) is 15.0 Å². The van der Waals surface area contributed by atoms with Crippen molar-refractivity contribution in [2.75, 3.05) is 5.73 Å². The van der Waals surface area contributed by atoms with Gasteiger partial charge >= 0.3 is 5.97 Å². The van der Waals surface area contributed by atoms with Gasteiger partial charge in [0.15, 0.2) is 11.5 Å². The lowest BCUT2D eigenvalue weighted by Crippen LogP contribution is -2.03. The first kappa shape index (κ1) is 21.7. The molecule has 0 radical (unpaired) electrons. The molecule has 1 aromatic carbocycles. The number of pyridine rings is 3. The van der Waals surface area contributed by atoms with Gasteiger partial charge in [-0.05, 0) is 54.1 Å². The molecule has 170 valence electrons. The number of benzene rings is 1. The van der Waals surface area contributed by atoms with Crippen LogP contribution in [0.5, 0.6) is 0 Å². The number of nitrogens with zero attached hydrogens (tertiary/aromatic N) is 6. The predicted octanol–water partition coefficient (Wildman–Crippen LogP) is 4.06. The molecule has 5 rings (SSSR count). The molecule has 35 heavy (non-hydrogen) atoms. The summed E-state index contributed by atoms with van der Waals surface area (Å²) in [5, 5.41) is 9.26. The van der Waals surface area contributed by atoms with Gasteiger partial charge in [0.1, 0.15) is 17.9 Å². The molecule has 9 heteroatoms. The zero-order valence-electron chi connectivity index (χ0n) is 18.7. The van der Waals surface area contributed by atoms with E-state index in [4.69, 9.17) is 20.4 Å². The van der Waals surface area contributed by atoms with Crippen LogP contribution < -0.4 is 5.73 Å². The third kappa shape index (κ3) is 4.28. The highest BCUT2D eigenvalue weighted by Gasteiger charge is 2.19. The lowest BCUT2D eigenvalue weighted by Gasteiger charge is -2.11. The van der Waals surface area contributed by atoms with Crippen LogP contribution in [0.25, 0.3) is 39.6 Å². The Bertz CT molecular complexity index is 1600. The SMILES string of the molecule is CC(=O)OCc1ccc(-n2c(-c3cccnc3N)nc3ccc(-c4cc(C#N)ccn4)nc32)cc1. The molecule has 4 heterocycles. The van der Waals surface area contributed by atoms with Crippen LogP contribution in [0.3, 0.4) is 0 Å². The second-order valence-corrected chi connectivity index (χ2v) is 7.73. The number of carbonyl (C=O) groups is 1. The van der Waals surface area contributed by atoms with E-state index < -0.39 is 0 Å². The predicted molar refractivity (Wildman–Crippen MR) is 130 cm³/mol. The second kappa shape index (κ2) is 9.03. The maximum absolute atomic E-state index is 11.2. The molecule has 0 saturated carbocycles. The van der Waals surface area contributed by atoms with E-state index in [0.717, 1.165) is 11.3 Å². The number of nitriles is 1. The number of anilines is 1. The van der Waals surface area contributed by atoms with E-state index in [9.17, 15) is 10.1 Å². The van der Waals surface area contributed by atoms with Crippen molar-refractivity contribution in [1.82, 2.24) is 24.5 Å². The zero-order chi connectivity index (χ0) is 24.4. The van der Waals surface area contributed by atoms with E-state index in [2.05, 4.69) is 16.0 Å². The minimum Gasteiger partial charge on any atom is -0.461 e. The lowest BCUT2D eigenvalue weighted by molar-refractivity contribution is -0.142. The molecule has 0 aliphatic carbocycles. The third-order valence-corrected chi connectivity index (χ3v) is 5.37. The highest BCUT2D eigenvalue weighted by atomic mass is 16.5. The largest absolute Gasteiger partial charge is 0.461 e. The second-order valence-electron chi connectivity index (χ2n) is 7.73. The molecule has 9 nitrogen and oxygen atoms in total. The Morgan fingerprint density at radius 3 is 2.60 bits per heavy atom. The van der Waals surface area contributed by atoms with E-state index in [1.54, 1.807) is 30.6 Å². The molecule has 0 bridgehead atoms. The van der Waals surface area contributed by atoms with Crippen molar-refractivity contribution in [3.05, 3.63) is 84.2 Å². The number of hydrogen-bond acceptors (Lipinski definition) is 8. The summed E-state index contributed by atoms with van der Waals surface area (Å²) in [4.78, 5) is 29.4. The monoisotopic (exact) mass is 461 g/mol. The molecule has 0 atom stereocenters. The van der Waals surface area contributed by atoms with Crippen LogP contribution in [-0.4, -0.2) is 30.5 Å². The number of rotatable bonds is 5. The maximum Gasteiger partial charge on any atom is 0.302 e. The highest BCUT2D eigenvalue weighted by Crippen LogP contribution is 2.31. The lowest BCUT2D eigenvalue weighted by atomic mass is 10.2. The van der Waals surface area contributed by atoms with Crippen LogP contribution in [0.1, 0.15) is 18.1 Å². The smallest absolute Gasteiger partial charge is 0.302 e. The van der Waals surface area contributed by atoms with Crippen LogP contribution >= 0.6 is 0 Å². The van der Waals surface area contributed by atoms with Crippen molar-refractivity contribution in [2.45, 2.75) is 13.5 Å². The average Bonchev–Trinajstić information content (AvgIpc) is 3.26. The van der Waals surface area contributed by atoms with Crippen molar-refractivity contribution in [1.29, 1.82) is 5.26 Å². The summed E-state index contributed by atoms with van der Waals surface area (Å²) in [6.07, 6.45) is 3.21. The summed E-state index contributed by atoms with van der Waals surface area (Å²) < 4.78 is 6.99. The van der Waals surface area contributed by atoms with Crippen LogP contribution in [0.2, 0.25) is 0 Å². The van der Waals surface area contributed by atoms with Gasteiger partial charge in [0, 0.05) is 25.0 Å². The van der Waals surface area contributed by atoms with E-state index in [0.29, 0.717) is 45.3 Å². The summed E-state index contributed by atoms with van der Waals surface area (Å²) in [6.45, 7) is 1.56. The molecule has 0 unspecified atom stereocenters. The van der Waals surface area contributed by atoms with Crippen LogP contribution in [0, 0.1) is 11.3 Å². The van der Waals surface area contributed by atoms with E-state index >= 15 is 0 Å². The quantitative estimate of drug-likeness (QED) is 0.387. The van der Waals surface area contributed by atoms with Gasteiger partial charge in [0.2, 0.25) is 0 Å². The fourth-order valence-electron chi connectivity index (χ4n) is 3.70. The van der Waals surface area contributed by atoms with Gasteiger partial charge in [-0.1, -0.05) is 12.1 Å². The molecular weight excluding hydrogens is 442 g/mol. The fourth-order valence-corrected chi connectivity index (χ4v) is 3.70. The third-order valence-electron chi connectivity index (χ3n) is 5.37. The van der Waals surface area contributed by atoms with E-state index in [1.165, 1.54) is 6.92 Å². The minimum atomic E-state index is -0.338. The summed E-state index contributed by atoms with van der Waals surface area (Å²) in [5.74, 6) is 0.593. The van der Waals surface area contributed by atoms with Crippen molar-refractivity contribution in [3.8, 4) is 34.5 Å². The number of fused-ring (bicyclic) bond motifs is 1. The Hall–Kier alpha value is -5.10. The first-order valence-corrected chi connectivity index (χ1v) is 10.7. The van der Waals surface area contributed by atoms with Crippen molar-refractivity contribution < 1.29 is 9.53 Å². The topological polar surface area (TPSA) is 133 Å². The first-order valence-electron chi connectivity index (χ1n) is 10.7. The molecule has 5 aromatic rings. The molecule has 0 fully saturated rings. The number of nitrogen functional groups attached to an aromatic ring is 1. The number of hydrogen-bond donors (Lipinski definition) is 1. The molecular formula is C26H19N7O2. The summed E-state index contributed by atoms with van der Waals surface area (Å²) in [7, 11) is 0. The average molecular weight is 461 g/mol. The number of nitrogens with two attached hydrogens (primary N) is 1. The van der Waals surface area contributed by atoms with E-state index in [1.807, 2.05) is 47.0 Å². The number of aromatic nitrogens is 5. The van der Waals surface area contributed by atoms with Crippen molar-refractivity contribution >= 4 is 23.0 Å². The highest BCUT2D eigenvalue weighted by molar-refractivity contribution is 5.84. The maximum atomic E-state index is 11.2. The minimum absolute atomic E-state index is 0.187. The standard InChI is InChI=1S/C26H19N7O2/c1-16(34)35-15-17-4-6-19(7-5-17)33-25(20-3-2-11-30-24(20)28)32-22-9-8-21(31-26(22)33)23-13-18(14-27)10-12-29-23/h2-13H,15H2,1H3,(H2,28,30). The van der Waals surface area contributed by atoms with Crippen LogP contribution in [0.4, 0.5) is 5.82 Å². The molecule has 4 aromatic heterocycles. The van der Waals surface area contributed by atoms with Gasteiger partial charge < -0.3 is 10.5 Å². The number of ether oxygens (including phenoxy) is 1. The summed E-state index contributed by atoms with van der Waals surface area (Å²) in [6, 6.07) is 20.4. The molecule has 0 aliphatic heterocycles. The number of carbonyl (C=O) groups excluding carboxylic acids is 1. The van der Waals surface area contributed by atoms with Crippen LogP contribution in [-0.2, 0) is 16.1 Å². The molecule has 0 aliphatic rings. The van der Waals surface area contributed by atoms with Gasteiger partial charge in [-0.15, -0.1) is 0 Å². The molecule has 0 amide bonds.